The normalized spacial score (nSPS) is 10.3. The van der Waals surface area contributed by atoms with Crippen LogP contribution in [0.4, 0.5) is 5.82 Å². The molecule has 0 fully saturated rings. The minimum Gasteiger partial charge on any atom is -0.360 e. The second-order valence-electron chi connectivity index (χ2n) is 3.54. The highest BCUT2D eigenvalue weighted by Gasteiger charge is 2.04. The summed E-state index contributed by atoms with van der Waals surface area (Å²) in [6, 6.07) is 2.17. The lowest BCUT2D eigenvalue weighted by molar-refractivity contribution is 0.910. The third-order valence-corrected chi connectivity index (χ3v) is 2.38. The molecule has 1 aromatic rings. The molecule has 0 radical (unpaired) electrons. The van der Waals surface area contributed by atoms with Gasteiger partial charge in [0.15, 0.2) is 0 Å². The average molecular weight is 193 g/mol. The highest BCUT2D eigenvalue weighted by Crippen LogP contribution is 2.16. The van der Waals surface area contributed by atoms with E-state index in [0.29, 0.717) is 6.54 Å². The van der Waals surface area contributed by atoms with Crippen molar-refractivity contribution < 1.29 is 0 Å². The van der Waals surface area contributed by atoms with Gasteiger partial charge in [0.2, 0.25) is 0 Å². The minimum atomic E-state index is 0.685. The van der Waals surface area contributed by atoms with E-state index in [1.807, 2.05) is 6.20 Å². The summed E-state index contributed by atoms with van der Waals surface area (Å²) in [4.78, 5) is 6.58. The molecule has 0 atom stereocenters. The van der Waals surface area contributed by atoms with Crippen molar-refractivity contribution in [3.8, 4) is 0 Å². The molecule has 0 aliphatic heterocycles. The summed E-state index contributed by atoms with van der Waals surface area (Å²) in [5.41, 5.74) is 7.94. The standard InChI is InChI=1S/C11H19N3/c1-4-14(3)11-9(2)7-10(5-6-12)8-13-11/h7-8H,4-6,12H2,1-3H3. The maximum Gasteiger partial charge on any atom is 0.131 e. The maximum atomic E-state index is 5.50. The molecule has 0 amide bonds. The summed E-state index contributed by atoms with van der Waals surface area (Å²) in [6.07, 6.45) is 2.82. The molecule has 0 saturated carbocycles. The monoisotopic (exact) mass is 193 g/mol. The Morgan fingerprint density at radius 1 is 1.50 bits per heavy atom. The molecule has 2 N–H and O–H groups in total. The lowest BCUT2D eigenvalue weighted by atomic mass is 10.1. The predicted octanol–water partition coefficient (Wildman–Crippen LogP) is 1.35. The van der Waals surface area contributed by atoms with Gasteiger partial charge in [-0.1, -0.05) is 6.07 Å². The van der Waals surface area contributed by atoms with Crippen LogP contribution in [0.15, 0.2) is 12.3 Å². The lowest BCUT2D eigenvalue weighted by Gasteiger charge is -2.18. The fourth-order valence-electron chi connectivity index (χ4n) is 1.48. The van der Waals surface area contributed by atoms with E-state index in [9.17, 15) is 0 Å². The van der Waals surface area contributed by atoms with Crippen LogP contribution in [0.1, 0.15) is 18.1 Å². The molecule has 1 rings (SSSR count). The lowest BCUT2D eigenvalue weighted by Crippen LogP contribution is -2.18. The molecule has 78 valence electrons. The van der Waals surface area contributed by atoms with Gasteiger partial charge in [0.1, 0.15) is 5.82 Å². The van der Waals surface area contributed by atoms with Crippen molar-refractivity contribution >= 4 is 5.82 Å². The number of aryl methyl sites for hydroxylation is 1. The van der Waals surface area contributed by atoms with E-state index in [1.54, 1.807) is 0 Å². The molecule has 0 spiro atoms. The van der Waals surface area contributed by atoms with Gasteiger partial charge in [-0.2, -0.15) is 0 Å². The molecule has 0 aliphatic carbocycles. The fraction of sp³-hybridized carbons (Fsp3) is 0.545. The van der Waals surface area contributed by atoms with E-state index in [-0.39, 0.29) is 0 Å². The van der Waals surface area contributed by atoms with E-state index in [1.165, 1.54) is 11.1 Å². The van der Waals surface area contributed by atoms with Crippen LogP contribution in [-0.2, 0) is 6.42 Å². The Balaban J connectivity index is 2.89. The molecule has 0 bridgehead atoms. The summed E-state index contributed by atoms with van der Waals surface area (Å²) in [6.45, 7) is 5.87. The van der Waals surface area contributed by atoms with Crippen molar-refractivity contribution in [2.75, 3.05) is 25.0 Å². The van der Waals surface area contributed by atoms with Crippen molar-refractivity contribution in [1.29, 1.82) is 0 Å². The first-order valence-corrected chi connectivity index (χ1v) is 5.05. The van der Waals surface area contributed by atoms with Gasteiger partial charge in [0, 0.05) is 19.8 Å². The van der Waals surface area contributed by atoms with E-state index < -0.39 is 0 Å². The minimum absolute atomic E-state index is 0.685. The third kappa shape index (κ3) is 2.45. The molecule has 3 heteroatoms. The number of pyridine rings is 1. The first-order valence-electron chi connectivity index (χ1n) is 5.05. The Morgan fingerprint density at radius 2 is 2.21 bits per heavy atom. The Kier molecular flexibility index (Phi) is 3.89. The number of anilines is 1. The largest absolute Gasteiger partial charge is 0.360 e. The molecular formula is C11H19N3. The smallest absolute Gasteiger partial charge is 0.131 e. The summed E-state index contributed by atoms with van der Waals surface area (Å²) < 4.78 is 0. The van der Waals surface area contributed by atoms with E-state index in [4.69, 9.17) is 5.73 Å². The Morgan fingerprint density at radius 3 is 2.71 bits per heavy atom. The molecule has 1 heterocycles. The Hall–Kier alpha value is -1.09. The van der Waals surface area contributed by atoms with Crippen LogP contribution in [0, 0.1) is 6.92 Å². The number of nitrogens with two attached hydrogens (primary N) is 1. The van der Waals surface area contributed by atoms with Gasteiger partial charge in [-0.25, -0.2) is 4.98 Å². The topological polar surface area (TPSA) is 42.2 Å². The highest BCUT2D eigenvalue weighted by atomic mass is 15.2. The number of hydrogen-bond donors (Lipinski definition) is 1. The molecule has 14 heavy (non-hydrogen) atoms. The van der Waals surface area contributed by atoms with Crippen LogP contribution < -0.4 is 10.6 Å². The van der Waals surface area contributed by atoms with Crippen molar-refractivity contribution in [2.24, 2.45) is 5.73 Å². The summed E-state index contributed by atoms with van der Waals surface area (Å²) in [7, 11) is 2.05. The van der Waals surface area contributed by atoms with Gasteiger partial charge in [-0.15, -0.1) is 0 Å². The number of nitrogens with zero attached hydrogens (tertiary/aromatic N) is 2. The van der Waals surface area contributed by atoms with Crippen LogP contribution in [0.2, 0.25) is 0 Å². The predicted molar refractivity (Wildman–Crippen MR) is 60.7 cm³/mol. The van der Waals surface area contributed by atoms with Crippen LogP contribution in [0.3, 0.4) is 0 Å². The van der Waals surface area contributed by atoms with Gasteiger partial charge in [0.25, 0.3) is 0 Å². The fourth-order valence-corrected chi connectivity index (χ4v) is 1.48. The zero-order valence-electron chi connectivity index (χ0n) is 9.25. The van der Waals surface area contributed by atoms with Gasteiger partial charge in [0.05, 0.1) is 0 Å². The Bertz CT molecular complexity index is 297. The molecule has 0 aliphatic rings. The molecule has 0 saturated heterocycles. The second-order valence-corrected chi connectivity index (χ2v) is 3.54. The molecule has 1 aromatic heterocycles. The number of hydrogen-bond acceptors (Lipinski definition) is 3. The van der Waals surface area contributed by atoms with Crippen molar-refractivity contribution in [2.45, 2.75) is 20.3 Å². The first kappa shape index (κ1) is 11.0. The summed E-state index contributed by atoms with van der Waals surface area (Å²) in [5, 5.41) is 0. The third-order valence-electron chi connectivity index (χ3n) is 2.38. The SMILES string of the molecule is CCN(C)c1ncc(CCN)cc1C. The highest BCUT2D eigenvalue weighted by molar-refractivity contribution is 5.46. The number of rotatable bonds is 4. The molecule has 3 nitrogen and oxygen atoms in total. The van der Waals surface area contributed by atoms with Gasteiger partial charge in [-0.05, 0) is 37.9 Å². The van der Waals surface area contributed by atoms with Crippen LogP contribution in [0.25, 0.3) is 0 Å². The van der Waals surface area contributed by atoms with Gasteiger partial charge < -0.3 is 10.6 Å². The Labute approximate surface area is 85.9 Å². The number of aromatic nitrogens is 1. The van der Waals surface area contributed by atoms with Crippen molar-refractivity contribution in [1.82, 2.24) is 4.98 Å². The zero-order chi connectivity index (χ0) is 10.6. The van der Waals surface area contributed by atoms with Crippen LogP contribution >= 0.6 is 0 Å². The van der Waals surface area contributed by atoms with Gasteiger partial charge >= 0.3 is 0 Å². The quantitative estimate of drug-likeness (QED) is 0.784. The van der Waals surface area contributed by atoms with Crippen molar-refractivity contribution in [3.63, 3.8) is 0 Å². The second kappa shape index (κ2) is 4.96. The average Bonchev–Trinajstić information content (AvgIpc) is 2.17. The zero-order valence-corrected chi connectivity index (χ0v) is 9.25. The van der Waals surface area contributed by atoms with Crippen molar-refractivity contribution in [3.05, 3.63) is 23.4 Å². The van der Waals surface area contributed by atoms with Crippen LogP contribution in [-0.4, -0.2) is 25.1 Å². The molecular weight excluding hydrogens is 174 g/mol. The molecule has 0 unspecified atom stereocenters. The van der Waals surface area contributed by atoms with Gasteiger partial charge in [-0.3, -0.25) is 0 Å². The molecule has 0 aromatic carbocycles. The van der Waals surface area contributed by atoms with E-state index in [2.05, 4.69) is 36.8 Å². The summed E-state index contributed by atoms with van der Waals surface area (Å²) >= 11 is 0. The van der Waals surface area contributed by atoms with E-state index in [0.717, 1.165) is 18.8 Å². The summed E-state index contributed by atoms with van der Waals surface area (Å²) in [5.74, 6) is 1.06. The maximum absolute atomic E-state index is 5.50. The first-order chi connectivity index (χ1) is 6.69. The van der Waals surface area contributed by atoms with Crippen LogP contribution in [0.5, 0.6) is 0 Å². The van der Waals surface area contributed by atoms with E-state index >= 15 is 0 Å².